The first-order chi connectivity index (χ1) is 8.70. The Kier molecular flexibility index (Phi) is 3.84. The number of hydrogen-bond acceptors (Lipinski definition) is 4. The van der Waals surface area contributed by atoms with Gasteiger partial charge in [0.25, 0.3) is 5.91 Å². The average Bonchev–Trinajstić information content (AvgIpc) is 2.89. The van der Waals surface area contributed by atoms with Gasteiger partial charge in [0.05, 0.1) is 11.4 Å². The third kappa shape index (κ3) is 2.81. The third-order valence-corrected chi connectivity index (χ3v) is 3.45. The average molecular weight is 261 g/mol. The van der Waals surface area contributed by atoms with Crippen molar-refractivity contribution in [2.45, 2.75) is 6.54 Å². The van der Waals surface area contributed by atoms with E-state index in [0.29, 0.717) is 11.3 Å². The molecule has 1 heterocycles. The maximum atomic E-state index is 11.4. The van der Waals surface area contributed by atoms with Crippen LogP contribution in [-0.4, -0.2) is 13.0 Å². The Morgan fingerprint density at radius 2 is 2.22 bits per heavy atom. The maximum Gasteiger partial charge on any atom is 0.251 e. The molecule has 0 aliphatic rings. The molecule has 2 rings (SSSR count). The normalized spacial score (nSPS) is 10.1. The second-order valence-corrected chi connectivity index (χ2v) is 4.85. The van der Waals surface area contributed by atoms with Crippen LogP contribution in [0.2, 0.25) is 0 Å². The Hall–Kier alpha value is -2.01. The number of carbonyl (C=O) groups excluding carboxylic acids is 1. The van der Waals surface area contributed by atoms with Crippen LogP contribution in [0.15, 0.2) is 35.7 Å². The van der Waals surface area contributed by atoms with Gasteiger partial charge in [0, 0.05) is 24.0 Å². The summed E-state index contributed by atoms with van der Waals surface area (Å²) < 4.78 is 0. The first kappa shape index (κ1) is 12.4. The van der Waals surface area contributed by atoms with E-state index in [1.807, 2.05) is 17.5 Å². The zero-order valence-corrected chi connectivity index (χ0v) is 10.9. The van der Waals surface area contributed by atoms with E-state index in [9.17, 15) is 4.79 Å². The molecule has 4 N–H and O–H groups in total. The van der Waals surface area contributed by atoms with E-state index in [1.54, 1.807) is 30.5 Å². The molecule has 0 saturated heterocycles. The van der Waals surface area contributed by atoms with Crippen LogP contribution >= 0.6 is 11.3 Å². The number of nitrogens with one attached hydrogen (secondary N) is 2. The summed E-state index contributed by atoms with van der Waals surface area (Å²) in [6.45, 7) is 0.737. The highest BCUT2D eigenvalue weighted by Crippen LogP contribution is 2.21. The number of amides is 1. The zero-order chi connectivity index (χ0) is 13.0. The number of hydrogen-bond donors (Lipinski definition) is 3. The number of anilines is 2. The van der Waals surface area contributed by atoms with Crippen LogP contribution in [-0.2, 0) is 6.54 Å². The molecule has 0 aliphatic heterocycles. The zero-order valence-electron chi connectivity index (χ0n) is 10.1. The van der Waals surface area contributed by atoms with Crippen molar-refractivity contribution in [3.63, 3.8) is 0 Å². The number of benzene rings is 1. The summed E-state index contributed by atoms with van der Waals surface area (Å²) >= 11 is 1.69. The van der Waals surface area contributed by atoms with E-state index >= 15 is 0 Å². The predicted octanol–water partition coefficient (Wildman–Crippen LogP) is 2.30. The Labute approximate surface area is 110 Å². The summed E-state index contributed by atoms with van der Waals surface area (Å²) in [5.41, 5.74) is 7.90. The van der Waals surface area contributed by atoms with E-state index in [0.717, 1.165) is 12.2 Å². The predicted molar refractivity (Wildman–Crippen MR) is 75.9 cm³/mol. The van der Waals surface area contributed by atoms with Gasteiger partial charge in [-0.3, -0.25) is 4.79 Å². The molecule has 5 heteroatoms. The van der Waals surface area contributed by atoms with Crippen LogP contribution in [0.3, 0.4) is 0 Å². The van der Waals surface area contributed by atoms with Gasteiger partial charge in [-0.15, -0.1) is 11.3 Å². The van der Waals surface area contributed by atoms with Crippen molar-refractivity contribution in [3.8, 4) is 0 Å². The van der Waals surface area contributed by atoms with Crippen molar-refractivity contribution in [1.29, 1.82) is 0 Å². The van der Waals surface area contributed by atoms with Gasteiger partial charge in [-0.1, -0.05) is 6.07 Å². The fourth-order valence-corrected chi connectivity index (χ4v) is 2.25. The van der Waals surface area contributed by atoms with Crippen LogP contribution in [0.25, 0.3) is 0 Å². The molecule has 0 fully saturated rings. The lowest BCUT2D eigenvalue weighted by atomic mass is 10.1. The Bertz CT molecular complexity index is 537. The Morgan fingerprint density at radius 1 is 1.39 bits per heavy atom. The standard InChI is InChI=1S/C13H15N3OS/c1-15-13(17)9-4-5-12(11(14)7-9)16-8-10-3-2-6-18-10/h2-7,16H,8,14H2,1H3,(H,15,17). The molecular weight excluding hydrogens is 246 g/mol. The molecular formula is C13H15N3OS. The molecule has 0 unspecified atom stereocenters. The van der Waals surface area contributed by atoms with E-state index in [-0.39, 0.29) is 5.91 Å². The quantitative estimate of drug-likeness (QED) is 0.740. The van der Waals surface area contributed by atoms with Crippen molar-refractivity contribution in [2.75, 3.05) is 18.1 Å². The first-order valence-electron chi connectivity index (χ1n) is 5.58. The lowest BCUT2D eigenvalue weighted by Gasteiger charge is -2.09. The van der Waals surface area contributed by atoms with E-state index in [4.69, 9.17) is 5.73 Å². The molecule has 4 nitrogen and oxygen atoms in total. The number of rotatable bonds is 4. The molecule has 94 valence electrons. The monoisotopic (exact) mass is 261 g/mol. The highest BCUT2D eigenvalue weighted by atomic mass is 32.1. The number of nitrogens with two attached hydrogens (primary N) is 1. The Balaban J connectivity index is 2.08. The Morgan fingerprint density at radius 3 is 2.83 bits per heavy atom. The van der Waals surface area contributed by atoms with Crippen molar-refractivity contribution in [2.24, 2.45) is 0 Å². The fourth-order valence-electron chi connectivity index (χ4n) is 1.60. The van der Waals surface area contributed by atoms with Crippen LogP contribution in [0.5, 0.6) is 0 Å². The van der Waals surface area contributed by atoms with E-state index in [2.05, 4.69) is 16.7 Å². The lowest BCUT2D eigenvalue weighted by Crippen LogP contribution is -2.18. The number of carbonyl (C=O) groups is 1. The molecule has 0 aliphatic carbocycles. The highest BCUT2D eigenvalue weighted by molar-refractivity contribution is 7.09. The second-order valence-electron chi connectivity index (χ2n) is 3.81. The van der Waals surface area contributed by atoms with Gasteiger partial charge in [0.15, 0.2) is 0 Å². The van der Waals surface area contributed by atoms with Gasteiger partial charge >= 0.3 is 0 Å². The summed E-state index contributed by atoms with van der Waals surface area (Å²) in [5.74, 6) is -0.133. The molecule has 0 spiro atoms. The fraction of sp³-hybridized carbons (Fsp3) is 0.154. The van der Waals surface area contributed by atoms with Gasteiger partial charge < -0.3 is 16.4 Å². The minimum atomic E-state index is -0.133. The van der Waals surface area contributed by atoms with E-state index < -0.39 is 0 Å². The summed E-state index contributed by atoms with van der Waals surface area (Å²) in [5, 5.41) is 7.86. The topological polar surface area (TPSA) is 67.2 Å². The first-order valence-corrected chi connectivity index (χ1v) is 6.46. The summed E-state index contributed by atoms with van der Waals surface area (Å²) in [6.07, 6.45) is 0. The molecule has 2 aromatic rings. The van der Waals surface area contributed by atoms with Gasteiger partial charge in [-0.2, -0.15) is 0 Å². The minimum absolute atomic E-state index is 0.133. The van der Waals surface area contributed by atoms with Crippen molar-refractivity contribution in [3.05, 3.63) is 46.2 Å². The molecule has 0 saturated carbocycles. The molecule has 1 aromatic carbocycles. The van der Waals surface area contributed by atoms with Crippen LogP contribution in [0.1, 0.15) is 15.2 Å². The van der Waals surface area contributed by atoms with Gasteiger partial charge in [-0.05, 0) is 29.6 Å². The van der Waals surface area contributed by atoms with Gasteiger partial charge in [0.2, 0.25) is 0 Å². The van der Waals surface area contributed by atoms with E-state index in [1.165, 1.54) is 4.88 Å². The maximum absolute atomic E-state index is 11.4. The van der Waals surface area contributed by atoms with Crippen LogP contribution in [0, 0.1) is 0 Å². The minimum Gasteiger partial charge on any atom is -0.397 e. The van der Waals surface area contributed by atoms with Crippen molar-refractivity contribution in [1.82, 2.24) is 5.32 Å². The van der Waals surface area contributed by atoms with Crippen LogP contribution in [0.4, 0.5) is 11.4 Å². The van der Waals surface area contributed by atoms with Gasteiger partial charge in [-0.25, -0.2) is 0 Å². The SMILES string of the molecule is CNC(=O)c1ccc(NCc2cccs2)c(N)c1. The molecule has 0 atom stereocenters. The molecule has 1 amide bonds. The summed E-state index contributed by atoms with van der Waals surface area (Å²) in [7, 11) is 1.60. The highest BCUT2D eigenvalue weighted by Gasteiger charge is 2.06. The molecule has 0 radical (unpaired) electrons. The molecule has 18 heavy (non-hydrogen) atoms. The lowest BCUT2D eigenvalue weighted by molar-refractivity contribution is 0.0963. The molecule has 0 bridgehead atoms. The summed E-state index contributed by atoms with van der Waals surface area (Å²) in [6, 6.07) is 9.33. The van der Waals surface area contributed by atoms with Crippen molar-refractivity contribution >= 4 is 28.6 Å². The van der Waals surface area contributed by atoms with Crippen molar-refractivity contribution < 1.29 is 4.79 Å². The number of thiophene rings is 1. The number of nitrogen functional groups attached to an aromatic ring is 1. The van der Waals surface area contributed by atoms with Crippen LogP contribution < -0.4 is 16.4 Å². The summed E-state index contributed by atoms with van der Waals surface area (Å²) in [4.78, 5) is 12.7. The van der Waals surface area contributed by atoms with Gasteiger partial charge in [0.1, 0.15) is 0 Å². The largest absolute Gasteiger partial charge is 0.397 e. The third-order valence-electron chi connectivity index (χ3n) is 2.57. The smallest absolute Gasteiger partial charge is 0.251 e. The second kappa shape index (κ2) is 5.55. The molecule has 1 aromatic heterocycles.